The molecule has 3 unspecified atom stereocenters. The van der Waals surface area contributed by atoms with Crippen LogP contribution in [0.4, 0.5) is 0 Å². The molecule has 4 N–H and O–H groups in total. The van der Waals surface area contributed by atoms with E-state index < -0.39 is 18.2 Å². The van der Waals surface area contributed by atoms with Gasteiger partial charge in [-0.3, -0.25) is 15.1 Å². The van der Waals surface area contributed by atoms with Gasteiger partial charge in [0.1, 0.15) is 0 Å². The van der Waals surface area contributed by atoms with Crippen molar-refractivity contribution < 1.29 is 25.0 Å². The van der Waals surface area contributed by atoms with Crippen molar-refractivity contribution in [3.63, 3.8) is 0 Å². The van der Waals surface area contributed by atoms with Crippen molar-refractivity contribution in [2.45, 2.75) is 83.3 Å². The molecule has 2 rings (SSSR count). The number of allylic oxidation sites excluding steroid dienone is 1. The van der Waals surface area contributed by atoms with E-state index >= 15 is 0 Å². The predicted molar refractivity (Wildman–Crippen MR) is 104 cm³/mol. The zero-order valence-electron chi connectivity index (χ0n) is 16.4. The van der Waals surface area contributed by atoms with Gasteiger partial charge in [-0.25, -0.2) is 0 Å². The highest BCUT2D eigenvalue weighted by atomic mass is 16.6. The zero-order valence-corrected chi connectivity index (χ0v) is 16.4. The lowest BCUT2D eigenvalue weighted by Gasteiger charge is -2.31. The summed E-state index contributed by atoms with van der Waals surface area (Å²) in [6.07, 6.45) is 12.4. The summed E-state index contributed by atoms with van der Waals surface area (Å²) in [5.74, 6) is -0.547. The Balaban J connectivity index is 1.68. The molecule has 27 heavy (non-hydrogen) atoms. The third kappa shape index (κ3) is 6.94. The largest absolute Gasteiger partial charge is 0.481 e. The van der Waals surface area contributed by atoms with E-state index in [-0.39, 0.29) is 18.9 Å². The maximum atomic E-state index is 10.5. The molecule has 6 nitrogen and oxygen atoms in total. The minimum absolute atomic E-state index is 0.0382. The van der Waals surface area contributed by atoms with Crippen LogP contribution in [0.3, 0.4) is 0 Å². The summed E-state index contributed by atoms with van der Waals surface area (Å²) in [7, 11) is 0. The Bertz CT molecular complexity index is 531. The first-order valence-corrected chi connectivity index (χ1v) is 10.4. The summed E-state index contributed by atoms with van der Waals surface area (Å²) in [5, 5.41) is 29.1. The number of hydrogen-bond donors (Lipinski definition) is 4. The highest BCUT2D eigenvalue weighted by molar-refractivity contribution is 5.66. The molecule has 0 radical (unpaired) electrons. The molecule has 0 bridgehead atoms. The van der Waals surface area contributed by atoms with Crippen LogP contribution >= 0.6 is 0 Å². The van der Waals surface area contributed by atoms with E-state index in [9.17, 15) is 15.0 Å². The number of aliphatic hydroxyl groups is 2. The predicted octanol–water partition coefficient (Wildman–Crippen LogP) is 3.30. The molecule has 0 aromatic rings. The smallest absolute Gasteiger partial charge is 0.305 e. The summed E-state index contributed by atoms with van der Waals surface area (Å²) >= 11 is 0. The quantitative estimate of drug-likeness (QED) is 0.209. The lowest BCUT2D eigenvalue weighted by atomic mass is 9.79. The molecule has 0 spiro atoms. The number of unbranched alkanes of at least 4 members (excludes halogenated alkanes) is 5. The molecular weight excluding hydrogens is 346 g/mol. The molecule has 4 atom stereocenters. The summed E-state index contributed by atoms with van der Waals surface area (Å²) in [6, 6.07) is 0. The van der Waals surface area contributed by atoms with Crippen LogP contribution in [0.5, 0.6) is 0 Å². The molecule has 1 saturated carbocycles. The van der Waals surface area contributed by atoms with Crippen molar-refractivity contribution in [3.8, 4) is 0 Å². The Morgan fingerprint density at radius 2 is 2.00 bits per heavy atom. The van der Waals surface area contributed by atoms with E-state index in [4.69, 9.17) is 9.94 Å². The maximum absolute atomic E-state index is 10.5. The number of hydroxylamine groups is 1. The van der Waals surface area contributed by atoms with Crippen molar-refractivity contribution in [1.29, 1.82) is 0 Å². The van der Waals surface area contributed by atoms with Gasteiger partial charge in [0.2, 0.25) is 0 Å². The Morgan fingerprint density at radius 3 is 2.74 bits per heavy atom. The van der Waals surface area contributed by atoms with Crippen LogP contribution in [-0.2, 0) is 9.63 Å². The Hall–Kier alpha value is -1.37. The van der Waals surface area contributed by atoms with Crippen molar-refractivity contribution >= 4 is 5.97 Å². The van der Waals surface area contributed by atoms with Gasteiger partial charge in [0.15, 0.2) is 0 Å². The fourth-order valence-electron chi connectivity index (χ4n) is 3.97. The summed E-state index contributed by atoms with van der Waals surface area (Å²) in [5.41, 5.74) is 4.96. The van der Waals surface area contributed by atoms with Gasteiger partial charge in [-0.05, 0) is 30.8 Å². The minimum atomic E-state index is -0.887. The second-order valence-corrected chi connectivity index (χ2v) is 7.77. The van der Waals surface area contributed by atoms with Crippen molar-refractivity contribution in [1.82, 2.24) is 5.48 Å². The number of aliphatic hydroxyl groups excluding tert-OH is 2. The van der Waals surface area contributed by atoms with Gasteiger partial charge in [-0.2, -0.15) is 0 Å². The third-order valence-corrected chi connectivity index (χ3v) is 5.62. The first-order valence-electron chi connectivity index (χ1n) is 10.4. The number of carboxylic acids is 1. The summed E-state index contributed by atoms with van der Waals surface area (Å²) in [6.45, 7) is 2.33. The van der Waals surface area contributed by atoms with E-state index in [0.29, 0.717) is 12.3 Å². The molecule has 0 aromatic heterocycles. The van der Waals surface area contributed by atoms with Crippen LogP contribution in [0.2, 0.25) is 0 Å². The average molecular weight is 382 g/mol. The lowest BCUT2D eigenvalue weighted by molar-refractivity contribution is -0.138. The van der Waals surface area contributed by atoms with E-state index in [1.54, 1.807) is 0 Å². The molecule has 0 heterocycles. The highest BCUT2D eigenvalue weighted by Gasteiger charge is 2.44. The lowest BCUT2D eigenvalue weighted by Crippen LogP contribution is -2.30. The standard InChI is InChI=1S/C21H35NO5/c1-2-3-4-5-6-7-8-15(23)9-10-16-17-13-19(18(17)14-20(16)24)22-27-12-11-21(25)26/h9-10,15-17,20,22-24H,2-8,11-14H2,1H3,(H,25,26)/t15?,16?,17-,20?/m0/s1. The van der Waals surface area contributed by atoms with E-state index in [0.717, 1.165) is 30.5 Å². The number of rotatable bonds is 14. The number of nitrogens with one attached hydrogen (secondary N) is 1. The van der Waals surface area contributed by atoms with Crippen LogP contribution in [-0.4, -0.2) is 40.1 Å². The van der Waals surface area contributed by atoms with E-state index in [2.05, 4.69) is 12.4 Å². The molecule has 0 saturated heterocycles. The number of hydrogen-bond acceptors (Lipinski definition) is 5. The second kappa shape index (κ2) is 11.5. The van der Waals surface area contributed by atoms with Crippen LogP contribution in [0.1, 0.15) is 71.1 Å². The van der Waals surface area contributed by atoms with Crippen molar-refractivity contribution in [2.24, 2.45) is 11.8 Å². The topological polar surface area (TPSA) is 99.0 Å². The average Bonchev–Trinajstić information content (AvgIpc) is 2.86. The summed E-state index contributed by atoms with van der Waals surface area (Å²) < 4.78 is 0. The Kier molecular flexibility index (Phi) is 9.31. The number of carbonyl (C=O) groups is 1. The molecule has 0 aliphatic heterocycles. The van der Waals surface area contributed by atoms with E-state index in [1.165, 1.54) is 32.1 Å². The fourth-order valence-corrected chi connectivity index (χ4v) is 3.97. The van der Waals surface area contributed by atoms with Crippen molar-refractivity contribution in [3.05, 3.63) is 23.4 Å². The number of fused-ring (bicyclic) bond motifs is 1. The first kappa shape index (κ1) is 21.9. The van der Waals surface area contributed by atoms with Gasteiger partial charge >= 0.3 is 5.97 Å². The van der Waals surface area contributed by atoms with Crippen molar-refractivity contribution in [2.75, 3.05) is 6.61 Å². The zero-order chi connectivity index (χ0) is 19.6. The molecule has 0 aromatic carbocycles. The van der Waals surface area contributed by atoms with Crippen LogP contribution < -0.4 is 5.48 Å². The van der Waals surface area contributed by atoms with Gasteiger partial charge in [0.05, 0.1) is 25.2 Å². The molecular formula is C21H35NO5. The maximum Gasteiger partial charge on any atom is 0.305 e. The third-order valence-electron chi connectivity index (χ3n) is 5.62. The molecule has 0 amide bonds. The fraction of sp³-hybridized carbons (Fsp3) is 0.762. The Morgan fingerprint density at radius 1 is 1.26 bits per heavy atom. The second-order valence-electron chi connectivity index (χ2n) is 7.77. The van der Waals surface area contributed by atoms with Gasteiger partial charge in [-0.15, -0.1) is 0 Å². The highest BCUT2D eigenvalue weighted by Crippen LogP contribution is 2.49. The van der Waals surface area contributed by atoms with Crippen LogP contribution in [0.15, 0.2) is 23.4 Å². The van der Waals surface area contributed by atoms with Gasteiger partial charge in [0, 0.05) is 11.6 Å². The van der Waals surface area contributed by atoms with E-state index in [1.807, 2.05) is 12.2 Å². The van der Waals surface area contributed by atoms with Crippen LogP contribution in [0.25, 0.3) is 0 Å². The van der Waals surface area contributed by atoms with Gasteiger partial charge < -0.3 is 15.3 Å². The first-order chi connectivity index (χ1) is 13.0. The molecule has 2 aliphatic carbocycles. The molecule has 2 aliphatic rings. The molecule has 1 fully saturated rings. The van der Waals surface area contributed by atoms with Crippen LogP contribution in [0, 0.1) is 11.8 Å². The van der Waals surface area contributed by atoms with Gasteiger partial charge in [-0.1, -0.05) is 57.6 Å². The number of carboxylic acid groups (broad SMARTS) is 1. The normalized spacial score (nSPS) is 25.5. The minimum Gasteiger partial charge on any atom is -0.481 e. The summed E-state index contributed by atoms with van der Waals surface area (Å²) in [4.78, 5) is 15.6. The monoisotopic (exact) mass is 381 g/mol. The molecule has 154 valence electrons. The van der Waals surface area contributed by atoms with Gasteiger partial charge in [0.25, 0.3) is 0 Å². The molecule has 6 heteroatoms. The number of aliphatic carboxylic acids is 1. The SMILES string of the molecule is CCCCCCCCC(O)C=CC1C(O)CC2=C(NOCCC(=O)O)C[C@H]21. The Labute approximate surface area is 162 Å².